The quantitative estimate of drug-likeness (QED) is 0.486. The molecule has 0 heterocycles. The van der Waals surface area contributed by atoms with Crippen LogP contribution in [0.4, 0.5) is 17.6 Å². The van der Waals surface area contributed by atoms with Crippen LogP contribution in [0.5, 0.6) is 0 Å². The normalized spacial score (nSPS) is 11.6. The van der Waals surface area contributed by atoms with Gasteiger partial charge in [-0.25, -0.2) is 4.39 Å². The maximum absolute atomic E-state index is 13.2. The van der Waals surface area contributed by atoms with Gasteiger partial charge in [-0.2, -0.15) is 13.2 Å². The number of halogens is 5. The topological polar surface area (TPSA) is 0 Å². The van der Waals surface area contributed by atoms with Crippen LogP contribution in [0.2, 0.25) is 0 Å². The van der Waals surface area contributed by atoms with E-state index in [1.807, 2.05) is 22.6 Å². The molecular weight excluding hydrogens is 359 g/mol. The van der Waals surface area contributed by atoms with E-state index in [2.05, 4.69) is 0 Å². The fraction of sp³-hybridized carbons (Fsp3) is 0.0769. The molecule has 0 aliphatic heterocycles. The summed E-state index contributed by atoms with van der Waals surface area (Å²) < 4.78 is 51.6. The zero-order valence-corrected chi connectivity index (χ0v) is 11.1. The van der Waals surface area contributed by atoms with Crippen molar-refractivity contribution in [2.75, 3.05) is 0 Å². The molecule has 2 aromatic carbocycles. The van der Waals surface area contributed by atoms with Crippen molar-refractivity contribution < 1.29 is 17.6 Å². The molecule has 5 heteroatoms. The lowest BCUT2D eigenvalue weighted by Crippen LogP contribution is -2.04. The van der Waals surface area contributed by atoms with Gasteiger partial charge in [0.1, 0.15) is 5.82 Å². The molecule has 0 aliphatic rings. The van der Waals surface area contributed by atoms with E-state index < -0.39 is 17.6 Å². The minimum Gasteiger partial charge on any atom is -0.207 e. The minimum absolute atomic E-state index is 0.349. The van der Waals surface area contributed by atoms with Crippen LogP contribution in [-0.4, -0.2) is 0 Å². The summed E-state index contributed by atoms with van der Waals surface area (Å²) in [6, 6.07) is 9.03. The summed E-state index contributed by atoms with van der Waals surface area (Å²) in [5.74, 6) is -0.464. The molecule has 0 fully saturated rings. The molecule has 0 aromatic heterocycles. The highest BCUT2D eigenvalue weighted by Crippen LogP contribution is 2.32. The molecule has 0 amide bonds. The van der Waals surface area contributed by atoms with Gasteiger partial charge in [0.05, 0.1) is 5.56 Å². The summed E-state index contributed by atoms with van der Waals surface area (Å²) in [5, 5.41) is 0. The van der Waals surface area contributed by atoms with Gasteiger partial charge in [-0.3, -0.25) is 0 Å². The Morgan fingerprint density at radius 1 is 0.889 bits per heavy atom. The maximum Gasteiger partial charge on any atom is 0.416 e. The number of alkyl halides is 3. The van der Waals surface area contributed by atoms with Crippen molar-refractivity contribution in [3.05, 3.63) is 57.4 Å². The molecule has 0 aliphatic carbocycles. The summed E-state index contributed by atoms with van der Waals surface area (Å²) in [6.07, 6.45) is -4.39. The number of rotatable bonds is 1. The smallest absolute Gasteiger partial charge is 0.207 e. The van der Waals surface area contributed by atoms with Crippen LogP contribution in [0, 0.1) is 9.39 Å². The Bertz CT molecular complexity index is 555. The first-order chi connectivity index (χ1) is 8.36. The molecule has 0 bridgehead atoms. The SMILES string of the molecule is Fc1cc(I)cc(-c2cccc(C(F)(F)F)c2)c1. The number of benzene rings is 2. The summed E-state index contributed by atoms with van der Waals surface area (Å²) in [5.41, 5.74) is 0.0482. The molecule has 2 aromatic rings. The van der Waals surface area contributed by atoms with Gasteiger partial charge in [0.25, 0.3) is 0 Å². The lowest BCUT2D eigenvalue weighted by Gasteiger charge is -2.09. The van der Waals surface area contributed by atoms with Gasteiger partial charge in [-0.1, -0.05) is 12.1 Å². The Hall–Kier alpha value is -1.11. The van der Waals surface area contributed by atoms with Gasteiger partial charge in [0.2, 0.25) is 0 Å². The largest absolute Gasteiger partial charge is 0.416 e. The minimum atomic E-state index is -4.39. The van der Waals surface area contributed by atoms with Gasteiger partial charge >= 0.3 is 6.18 Å². The van der Waals surface area contributed by atoms with Gasteiger partial charge in [0, 0.05) is 3.57 Å². The van der Waals surface area contributed by atoms with E-state index in [-0.39, 0.29) is 0 Å². The molecule has 0 unspecified atom stereocenters. The second kappa shape index (κ2) is 4.87. The molecule has 0 N–H and O–H groups in total. The van der Waals surface area contributed by atoms with Crippen molar-refractivity contribution in [3.8, 4) is 11.1 Å². The van der Waals surface area contributed by atoms with Crippen molar-refractivity contribution in [2.24, 2.45) is 0 Å². The van der Waals surface area contributed by atoms with Crippen molar-refractivity contribution >= 4 is 22.6 Å². The van der Waals surface area contributed by atoms with Crippen LogP contribution in [0.25, 0.3) is 11.1 Å². The van der Waals surface area contributed by atoms with Crippen molar-refractivity contribution in [3.63, 3.8) is 0 Å². The predicted molar refractivity (Wildman–Crippen MR) is 69.6 cm³/mol. The number of hydrogen-bond acceptors (Lipinski definition) is 0. The highest BCUT2D eigenvalue weighted by molar-refractivity contribution is 14.1. The molecule has 0 spiro atoms. The van der Waals surface area contributed by atoms with Gasteiger partial charge < -0.3 is 0 Å². The Labute approximate surface area is 115 Å². The summed E-state index contributed by atoms with van der Waals surface area (Å²) in [4.78, 5) is 0. The van der Waals surface area contributed by atoms with E-state index in [1.54, 1.807) is 6.07 Å². The van der Waals surface area contributed by atoms with Crippen LogP contribution in [0.15, 0.2) is 42.5 Å². The highest BCUT2D eigenvalue weighted by atomic mass is 127. The average Bonchev–Trinajstić information content (AvgIpc) is 2.27. The third-order valence-corrected chi connectivity index (χ3v) is 3.01. The highest BCUT2D eigenvalue weighted by Gasteiger charge is 2.30. The predicted octanol–water partition coefficient (Wildman–Crippen LogP) is 5.12. The molecule has 0 saturated carbocycles. The fourth-order valence-corrected chi connectivity index (χ4v) is 2.23. The van der Waals surface area contributed by atoms with E-state index in [9.17, 15) is 17.6 Å². The first-order valence-electron chi connectivity index (χ1n) is 5.00. The zero-order chi connectivity index (χ0) is 13.3. The third-order valence-electron chi connectivity index (χ3n) is 2.39. The summed E-state index contributed by atoms with van der Waals surface area (Å²) in [7, 11) is 0. The van der Waals surface area contributed by atoms with E-state index in [0.717, 1.165) is 12.1 Å². The molecule has 0 atom stereocenters. The lowest BCUT2D eigenvalue weighted by molar-refractivity contribution is -0.137. The van der Waals surface area contributed by atoms with Crippen LogP contribution in [-0.2, 0) is 6.18 Å². The molecule has 2 rings (SSSR count). The van der Waals surface area contributed by atoms with E-state index in [1.165, 1.54) is 24.3 Å². The standard InChI is InChI=1S/C13H7F4I/c14-11-5-9(6-12(18)7-11)8-2-1-3-10(4-8)13(15,16)17/h1-7H. The van der Waals surface area contributed by atoms with E-state index in [0.29, 0.717) is 14.7 Å². The van der Waals surface area contributed by atoms with Crippen molar-refractivity contribution in [1.82, 2.24) is 0 Å². The Balaban J connectivity index is 2.51. The van der Waals surface area contributed by atoms with Crippen LogP contribution in [0.1, 0.15) is 5.56 Å². The maximum atomic E-state index is 13.2. The second-order valence-electron chi connectivity index (χ2n) is 3.74. The lowest BCUT2D eigenvalue weighted by atomic mass is 10.0. The fourth-order valence-electron chi connectivity index (χ4n) is 1.60. The van der Waals surface area contributed by atoms with Crippen LogP contribution >= 0.6 is 22.6 Å². The Morgan fingerprint density at radius 3 is 2.22 bits per heavy atom. The van der Waals surface area contributed by atoms with Gasteiger partial charge in [-0.15, -0.1) is 0 Å². The van der Waals surface area contributed by atoms with E-state index >= 15 is 0 Å². The summed E-state index contributed by atoms with van der Waals surface area (Å²) in [6.45, 7) is 0. The van der Waals surface area contributed by atoms with Crippen LogP contribution in [0.3, 0.4) is 0 Å². The van der Waals surface area contributed by atoms with Crippen molar-refractivity contribution in [2.45, 2.75) is 6.18 Å². The molecule has 0 saturated heterocycles. The molecule has 0 radical (unpaired) electrons. The zero-order valence-electron chi connectivity index (χ0n) is 8.93. The van der Waals surface area contributed by atoms with Crippen molar-refractivity contribution in [1.29, 1.82) is 0 Å². The Morgan fingerprint density at radius 2 is 1.61 bits per heavy atom. The number of hydrogen-bond donors (Lipinski definition) is 0. The monoisotopic (exact) mass is 366 g/mol. The van der Waals surface area contributed by atoms with E-state index in [4.69, 9.17) is 0 Å². The second-order valence-corrected chi connectivity index (χ2v) is 4.98. The molecule has 18 heavy (non-hydrogen) atoms. The average molecular weight is 366 g/mol. The first-order valence-corrected chi connectivity index (χ1v) is 6.08. The summed E-state index contributed by atoms with van der Waals surface area (Å²) >= 11 is 1.92. The third kappa shape index (κ3) is 3.01. The van der Waals surface area contributed by atoms with Gasteiger partial charge in [-0.05, 0) is 64.0 Å². The first kappa shape index (κ1) is 13.3. The molecular formula is C13H7F4I. The molecule has 94 valence electrons. The Kier molecular flexibility index (Phi) is 3.61. The van der Waals surface area contributed by atoms with Crippen LogP contribution < -0.4 is 0 Å². The molecule has 0 nitrogen and oxygen atoms in total. The van der Waals surface area contributed by atoms with Gasteiger partial charge in [0.15, 0.2) is 0 Å².